The second-order valence-electron chi connectivity index (χ2n) is 6.01. The fourth-order valence-electron chi connectivity index (χ4n) is 3.32. The van der Waals surface area contributed by atoms with Gasteiger partial charge in [-0.15, -0.1) is 0 Å². The Morgan fingerprint density at radius 2 is 1.95 bits per heavy atom. The van der Waals surface area contributed by atoms with Crippen molar-refractivity contribution in [3.63, 3.8) is 0 Å². The van der Waals surface area contributed by atoms with Crippen molar-refractivity contribution in [2.45, 2.75) is 32.1 Å². The Balaban J connectivity index is 1.75. The zero-order valence-corrected chi connectivity index (χ0v) is 13.4. The van der Waals surface area contributed by atoms with Crippen molar-refractivity contribution in [3.05, 3.63) is 46.1 Å². The zero-order valence-electron chi connectivity index (χ0n) is 12.6. The molecule has 4 heteroatoms. The van der Waals surface area contributed by atoms with E-state index in [2.05, 4.69) is 6.08 Å². The van der Waals surface area contributed by atoms with Crippen LogP contribution in [0.3, 0.4) is 0 Å². The summed E-state index contributed by atoms with van der Waals surface area (Å²) in [6.07, 6.45) is 11.8. The van der Waals surface area contributed by atoms with Crippen LogP contribution in [0.1, 0.15) is 32.1 Å². The van der Waals surface area contributed by atoms with Crippen molar-refractivity contribution < 1.29 is 14.3 Å². The van der Waals surface area contributed by atoms with E-state index in [1.807, 2.05) is 12.2 Å². The highest BCUT2D eigenvalue weighted by Gasteiger charge is 2.43. The number of esters is 1. The second-order valence-corrected chi connectivity index (χ2v) is 6.42. The summed E-state index contributed by atoms with van der Waals surface area (Å²) in [6.45, 7) is 0. The predicted molar refractivity (Wildman–Crippen MR) is 85.3 cm³/mol. The Morgan fingerprint density at radius 3 is 2.73 bits per heavy atom. The molecule has 1 fully saturated rings. The Bertz CT molecular complexity index is 637. The maximum atomic E-state index is 11.7. The fourth-order valence-corrected chi connectivity index (χ4v) is 3.66. The maximum absolute atomic E-state index is 11.7. The molecule has 22 heavy (non-hydrogen) atoms. The summed E-state index contributed by atoms with van der Waals surface area (Å²) in [5, 5.41) is 0.593. The molecule has 0 saturated heterocycles. The van der Waals surface area contributed by atoms with Gasteiger partial charge in [0.05, 0.1) is 12.7 Å². The summed E-state index contributed by atoms with van der Waals surface area (Å²) in [4.78, 5) is 23.2. The third kappa shape index (κ3) is 3.09. The average molecular weight is 319 g/mol. The SMILES string of the molecule is COC(=O)C1=CCCC(C2CC2C2=CCCC(=O)C=C2Cl)=C1. The number of carbonyl (C=O) groups is 2. The summed E-state index contributed by atoms with van der Waals surface area (Å²) in [5.74, 6) is 0.653. The van der Waals surface area contributed by atoms with E-state index in [0.29, 0.717) is 28.9 Å². The summed E-state index contributed by atoms with van der Waals surface area (Å²) in [5.41, 5.74) is 3.06. The van der Waals surface area contributed by atoms with Crippen LogP contribution >= 0.6 is 11.6 Å². The molecular formula is C18H19ClO3. The summed E-state index contributed by atoms with van der Waals surface area (Å²) in [7, 11) is 1.41. The Morgan fingerprint density at radius 1 is 1.18 bits per heavy atom. The first-order valence-electron chi connectivity index (χ1n) is 7.69. The van der Waals surface area contributed by atoms with Crippen LogP contribution in [0, 0.1) is 11.8 Å². The van der Waals surface area contributed by atoms with Crippen molar-refractivity contribution in [1.29, 1.82) is 0 Å². The van der Waals surface area contributed by atoms with E-state index in [0.717, 1.165) is 31.3 Å². The largest absolute Gasteiger partial charge is 0.465 e. The van der Waals surface area contributed by atoms with Gasteiger partial charge in [0, 0.05) is 11.5 Å². The zero-order chi connectivity index (χ0) is 15.7. The molecule has 116 valence electrons. The van der Waals surface area contributed by atoms with E-state index in [1.54, 1.807) is 6.08 Å². The molecule has 3 aliphatic carbocycles. The minimum atomic E-state index is -0.272. The third-order valence-corrected chi connectivity index (χ3v) is 4.87. The van der Waals surface area contributed by atoms with Crippen LogP contribution in [-0.2, 0) is 14.3 Å². The van der Waals surface area contributed by atoms with Gasteiger partial charge < -0.3 is 4.74 Å². The molecule has 0 N–H and O–H groups in total. The van der Waals surface area contributed by atoms with Gasteiger partial charge in [-0.05, 0) is 55.2 Å². The molecule has 0 aromatic heterocycles. The first-order chi connectivity index (χ1) is 10.6. The molecule has 3 nitrogen and oxygen atoms in total. The topological polar surface area (TPSA) is 43.4 Å². The first kappa shape index (κ1) is 15.3. The number of hydrogen-bond acceptors (Lipinski definition) is 3. The van der Waals surface area contributed by atoms with E-state index in [1.165, 1.54) is 12.7 Å². The molecule has 0 bridgehead atoms. The fraction of sp³-hybridized carbons (Fsp3) is 0.444. The molecule has 0 radical (unpaired) electrons. The van der Waals surface area contributed by atoms with Gasteiger partial charge in [0.1, 0.15) is 0 Å². The highest BCUT2D eigenvalue weighted by Crippen LogP contribution is 2.53. The highest BCUT2D eigenvalue weighted by atomic mass is 35.5. The van der Waals surface area contributed by atoms with Crippen LogP contribution in [0.15, 0.2) is 46.1 Å². The van der Waals surface area contributed by atoms with Crippen LogP contribution in [0.2, 0.25) is 0 Å². The minimum absolute atomic E-state index is 0.0984. The maximum Gasteiger partial charge on any atom is 0.337 e. The Labute approximate surface area is 135 Å². The minimum Gasteiger partial charge on any atom is -0.465 e. The van der Waals surface area contributed by atoms with Gasteiger partial charge in [-0.1, -0.05) is 29.3 Å². The molecule has 0 amide bonds. The summed E-state index contributed by atoms with van der Waals surface area (Å²) >= 11 is 6.29. The monoisotopic (exact) mass is 318 g/mol. The molecule has 0 heterocycles. The average Bonchev–Trinajstić information content (AvgIpc) is 3.31. The van der Waals surface area contributed by atoms with Gasteiger partial charge in [0.15, 0.2) is 5.78 Å². The van der Waals surface area contributed by atoms with Crippen LogP contribution in [0.4, 0.5) is 0 Å². The standard InChI is InChI=1S/C18H19ClO3/c1-22-18(21)12-5-2-4-11(8-12)15-10-16(15)14-7-3-6-13(20)9-17(14)19/h5,7-9,15-16H,2-4,6,10H2,1H3. The van der Waals surface area contributed by atoms with E-state index in [9.17, 15) is 9.59 Å². The lowest BCUT2D eigenvalue weighted by atomic mass is 9.93. The normalized spacial score (nSPS) is 28.0. The lowest BCUT2D eigenvalue weighted by Crippen LogP contribution is -2.07. The smallest absolute Gasteiger partial charge is 0.337 e. The Hall–Kier alpha value is -1.61. The molecule has 0 aromatic carbocycles. The quantitative estimate of drug-likeness (QED) is 0.742. The molecule has 3 rings (SSSR count). The highest BCUT2D eigenvalue weighted by molar-refractivity contribution is 6.33. The van der Waals surface area contributed by atoms with Crippen molar-refractivity contribution in [1.82, 2.24) is 0 Å². The van der Waals surface area contributed by atoms with E-state index < -0.39 is 0 Å². The van der Waals surface area contributed by atoms with Crippen LogP contribution in [0.25, 0.3) is 0 Å². The summed E-state index contributed by atoms with van der Waals surface area (Å²) in [6, 6.07) is 0. The molecule has 0 aromatic rings. The van der Waals surface area contributed by atoms with Gasteiger partial charge in [0.25, 0.3) is 0 Å². The van der Waals surface area contributed by atoms with Crippen molar-refractivity contribution in [2.75, 3.05) is 7.11 Å². The molecule has 2 unspecified atom stereocenters. The molecule has 0 spiro atoms. The third-order valence-electron chi connectivity index (χ3n) is 4.54. The van der Waals surface area contributed by atoms with Crippen molar-refractivity contribution >= 4 is 23.4 Å². The molecular weight excluding hydrogens is 300 g/mol. The van der Waals surface area contributed by atoms with Gasteiger partial charge in [-0.25, -0.2) is 4.79 Å². The number of hydrogen-bond donors (Lipinski definition) is 0. The van der Waals surface area contributed by atoms with E-state index >= 15 is 0 Å². The predicted octanol–water partition coefficient (Wildman–Crippen LogP) is 3.85. The van der Waals surface area contributed by atoms with Gasteiger partial charge in [0.2, 0.25) is 0 Å². The number of ketones is 1. The first-order valence-corrected chi connectivity index (χ1v) is 8.07. The van der Waals surface area contributed by atoms with Gasteiger partial charge in [-0.3, -0.25) is 4.79 Å². The molecule has 1 saturated carbocycles. The van der Waals surface area contributed by atoms with E-state index in [-0.39, 0.29) is 11.8 Å². The van der Waals surface area contributed by atoms with Gasteiger partial charge >= 0.3 is 5.97 Å². The second kappa shape index (κ2) is 6.25. The number of allylic oxidation sites excluding steroid dienone is 6. The summed E-state index contributed by atoms with van der Waals surface area (Å²) < 4.78 is 4.80. The van der Waals surface area contributed by atoms with Crippen LogP contribution in [-0.4, -0.2) is 18.9 Å². The Kier molecular flexibility index (Phi) is 4.34. The lowest BCUT2D eigenvalue weighted by molar-refractivity contribution is -0.135. The number of rotatable bonds is 3. The van der Waals surface area contributed by atoms with E-state index in [4.69, 9.17) is 16.3 Å². The van der Waals surface area contributed by atoms with Crippen molar-refractivity contribution in [2.24, 2.45) is 11.8 Å². The molecule has 2 atom stereocenters. The molecule has 0 aliphatic heterocycles. The van der Waals surface area contributed by atoms with Gasteiger partial charge in [-0.2, -0.15) is 0 Å². The van der Waals surface area contributed by atoms with Crippen LogP contribution < -0.4 is 0 Å². The van der Waals surface area contributed by atoms with Crippen molar-refractivity contribution in [3.8, 4) is 0 Å². The number of ether oxygens (including phenoxy) is 1. The number of methoxy groups -OCH3 is 1. The lowest BCUT2D eigenvalue weighted by Gasteiger charge is -2.13. The number of halogens is 1. The van der Waals surface area contributed by atoms with Crippen LogP contribution in [0.5, 0.6) is 0 Å². The molecule has 3 aliphatic rings. The number of carbonyl (C=O) groups excluding carboxylic acids is 2.